The molecule has 0 radical (unpaired) electrons. The van der Waals surface area contributed by atoms with Gasteiger partial charge in [-0.15, -0.1) is 0 Å². The number of rotatable bonds is 2. The number of para-hydroxylation sites is 1. The molecule has 3 heteroatoms. The van der Waals surface area contributed by atoms with Crippen LogP contribution < -0.4 is 0 Å². The van der Waals surface area contributed by atoms with E-state index in [4.69, 9.17) is 9.47 Å². The first-order valence-corrected chi connectivity index (χ1v) is 6.86. The molecule has 0 aromatic heterocycles. The topological polar surface area (TPSA) is 38.7 Å². The zero-order valence-electron chi connectivity index (χ0n) is 12.4. The molecule has 1 aromatic rings. The van der Waals surface area contributed by atoms with Crippen LogP contribution in [0.25, 0.3) is 0 Å². The summed E-state index contributed by atoms with van der Waals surface area (Å²) in [5.41, 5.74) is 0.661. The highest BCUT2D eigenvalue weighted by Gasteiger charge is 2.47. The molecule has 1 saturated heterocycles. The Morgan fingerprint density at radius 1 is 1.21 bits per heavy atom. The molecule has 2 unspecified atom stereocenters. The average Bonchev–Trinajstić information content (AvgIpc) is 2.33. The second-order valence-corrected chi connectivity index (χ2v) is 6.52. The van der Waals surface area contributed by atoms with Crippen LogP contribution in [-0.4, -0.2) is 17.8 Å². The van der Waals surface area contributed by atoms with E-state index in [9.17, 15) is 5.11 Å². The molecule has 2 atom stereocenters. The van der Waals surface area contributed by atoms with Gasteiger partial charge in [0.05, 0.1) is 18.3 Å². The number of phenols is 1. The average molecular weight is 264 g/mol. The molecule has 1 aliphatic rings. The van der Waals surface area contributed by atoms with Crippen LogP contribution in [-0.2, 0) is 15.3 Å². The molecular formula is C16H24O3. The van der Waals surface area contributed by atoms with Crippen molar-refractivity contribution in [1.29, 1.82) is 0 Å². The number of benzene rings is 1. The van der Waals surface area contributed by atoms with Crippen LogP contribution in [0.2, 0.25) is 0 Å². The fourth-order valence-corrected chi connectivity index (χ4v) is 2.88. The molecular weight excluding hydrogens is 240 g/mol. The van der Waals surface area contributed by atoms with Crippen molar-refractivity contribution in [2.75, 3.05) is 6.61 Å². The molecule has 106 valence electrons. The minimum atomic E-state index is -0.879. The lowest BCUT2D eigenvalue weighted by Gasteiger charge is -2.49. The second kappa shape index (κ2) is 4.80. The first-order valence-electron chi connectivity index (χ1n) is 6.86. The van der Waals surface area contributed by atoms with Gasteiger partial charge in [0.25, 0.3) is 0 Å². The van der Waals surface area contributed by atoms with Gasteiger partial charge in [0.2, 0.25) is 0 Å². The number of ether oxygens (including phenoxy) is 2. The third-order valence-electron chi connectivity index (χ3n) is 3.84. The van der Waals surface area contributed by atoms with Crippen LogP contribution in [0.3, 0.4) is 0 Å². The van der Waals surface area contributed by atoms with Gasteiger partial charge in [0.1, 0.15) is 5.75 Å². The van der Waals surface area contributed by atoms with E-state index in [1.807, 2.05) is 19.1 Å². The van der Waals surface area contributed by atoms with Gasteiger partial charge in [-0.05, 0) is 25.0 Å². The zero-order valence-corrected chi connectivity index (χ0v) is 12.4. The monoisotopic (exact) mass is 264 g/mol. The minimum absolute atomic E-state index is 0.0297. The highest BCUT2D eigenvalue weighted by atomic mass is 16.7. The number of hydrogen-bond donors (Lipinski definition) is 1. The lowest BCUT2D eigenvalue weighted by Crippen LogP contribution is -2.52. The molecule has 1 heterocycles. The molecule has 1 N–H and O–H groups in total. The van der Waals surface area contributed by atoms with Gasteiger partial charge in [-0.25, -0.2) is 0 Å². The third-order valence-corrected chi connectivity index (χ3v) is 3.84. The molecule has 0 aliphatic carbocycles. The van der Waals surface area contributed by atoms with E-state index in [1.165, 1.54) is 0 Å². The van der Waals surface area contributed by atoms with E-state index >= 15 is 0 Å². The first kappa shape index (κ1) is 14.4. The lowest BCUT2D eigenvalue weighted by atomic mass is 9.80. The van der Waals surface area contributed by atoms with Crippen molar-refractivity contribution in [3.05, 3.63) is 29.8 Å². The number of aromatic hydroxyl groups is 1. The summed E-state index contributed by atoms with van der Waals surface area (Å²) in [5, 5.41) is 10.0. The van der Waals surface area contributed by atoms with Crippen molar-refractivity contribution < 1.29 is 14.6 Å². The summed E-state index contributed by atoms with van der Waals surface area (Å²) in [4.78, 5) is 0. The normalized spacial score (nSPS) is 30.5. The molecule has 19 heavy (non-hydrogen) atoms. The Bertz CT molecular complexity index is 453. The Labute approximate surface area is 115 Å². The number of hydrogen-bond acceptors (Lipinski definition) is 3. The van der Waals surface area contributed by atoms with E-state index in [0.29, 0.717) is 18.1 Å². The van der Waals surface area contributed by atoms with E-state index < -0.39 is 5.79 Å². The highest BCUT2D eigenvalue weighted by molar-refractivity contribution is 5.35. The summed E-state index contributed by atoms with van der Waals surface area (Å²) in [6.07, 6.45) is 0.0888. The summed E-state index contributed by atoms with van der Waals surface area (Å²) in [5.74, 6) is -0.271. The summed E-state index contributed by atoms with van der Waals surface area (Å²) in [7, 11) is 0. The van der Waals surface area contributed by atoms with Gasteiger partial charge in [0.15, 0.2) is 5.79 Å². The molecule has 0 amide bonds. The standard InChI is InChI=1S/C16H24O3/c1-11(2)14-15(3,4)10-18-16(5,19-14)12-8-6-7-9-13(12)17/h6-9,11,14,17H,10H2,1-5H3. The lowest BCUT2D eigenvalue weighted by molar-refractivity contribution is -0.337. The Morgan fingerprint density at radius 2 is 1.84 bits per heavy atom. The van der Waals surface area contributed by atoms with Gasteiger partial charge in [-0.3, -0.25) is 0 Å². The fraction of sp³-hybridized carbons (Fsp3) is 0.625. The summed E-state index contributed by atoms with van der Waals surface area (Å²) >= 11 is 0. The quantitative estimate of drug-likeness (QED) is 0.886. The molecule has 0 saturated carbocycles. The zero-order chi connectivity index (χ0) is 14.3. The largest absolute Gasteiger partial charge is 0.507 e. The minimum Gasteiger partial charge on any atom is -0.507 e. The maximum Gasteiger partial charge on any atom is 0.195 e. The molecule has 0 bridgehead atoms. The second-order valence-electron chi connectivity index (χ2n) is 6.52. The summed E-state index contributed by atoms with van der Waals surface area (Å²) < 4.78 is 12.2. The van der Waals surface area contributed by atoms with Gasteiger partial charge >= 0.3 is 0 Å². The predicted octanol–water partition coefficient (Wildman–Crippen LogP) is 3.66. The Hall–Kier alpha value is -1.06. The molecule has 1 fully saturated rings. The molecule has 1 aromatic carbocycles. The van der Waals surface area contributed by atoms with E-state index in [0.717, 1.165) is 0 Å². The molecule has 3 nitrogen and oxygen atoms in total. The van der Waals surface area contributed by atoms with Gasteiger partial charge < -0.3 is 14.6 Å². The Kier molecular flexibility index (Phi) is 3.63. The van der Waals surface area contributed by atoms with Gasteiger partial charge in [0, 0.05) is 5.41 Å². The van der Waals surface area contributed by atoms with Gasteiger partial charge in [-0.2, -0.15) is 0 Å². The van der Waals surface area contributed by atoms with E-state index in [-0.39, 0.29) is 17.3 Å². The van der Waals surface area contributed by atoms with Crippen LogP contribution in [0.4, 0.5) is 0 Å². The summed E-state index contributed by atoms with van der Waals surface area (Å²) in [6, 6.07) is 7.20. The van der Waals surface area contributed by atoms with Crippen molar-refractivity contribution in [2.24, 2.45) is 11.3 Å². The summed E-state index contributed by atoms with van der Waals surface area (Å²) in [6.45, 7) is 11.1. The van der Waals surface area contributed by atoms with Crippen molar-refractivity contribution >= 4 is 0 Å². The third kappa shape index (κ3) is 2.63. The number of phenolic OH excluding ortho intramolecular Hbond substituents is 1. The first-order chi connectivity index (χ1) is 8.76. The maximum absolute atomic E-state index is 10.0. The van der Waals surface area contributed by atoms with Crippen molar-refractivity contribution in [1.82, 2.24) is 0 Å². The molecule has 1 aliphatic heterocycles. The SMILES string of the molecule is CC(C)C1OC(C)(c2ccccc2O)OCC1(C)C. The molecule has 2 rings (SSSR count). The van der Waals surface area contributed by atoms with Crippen molar-refractivity contribution in [2.45, 2.75) is 46.5 Å². The molecule has 0 spiro atoms. The fourth-order valence-electron chi connectivity index (χ4n) is 2.88. The van der Waals surface area contributed by atoms with E-state index in [2.05, 4.69) is 27.7 Å². The van der Waals surface area contributed by atoms with Crippen molar-refractivity contribution in [3.63, 3.8) is 0 Å². The van der Waals surface area contributed by atoms with Crippen LogP contribution in [0.5, 0.6) is 5.75 Å². The van der Waals surface area contributed by atoms with E-state index in [1.54, 1.807) is 12.1 Å². The van der Waals surface area contributed by atoms with Crippen LogP contribution in [0.1, 0.15) is 40.2 Å². The van der Waals surface area contributed by atoms with Crippen LogP contribution in [0.15, 0.2) is 24.3 Å². The van der Waals surface area contributed by atoms with Crippen molar-refractivity contribution in [3.8, 4) is 5.75 Å². The predicted molar refractivity (Wildman–Crippen MR) is 74.9 cm³/mol. The van der Waals surface area contributed by atoms with Gasteiger partial charge in [-0.1, -0.05) is 39.8 Å². The smallest absolute Gasteiger partial charge is 0.195 e. The Balaban J connectivity index is 2.34. The maximum atomic E-state index is 10.0. The van der Waals surface area contributed by atoms with Crippen LogP contribution >= 0.6 is 0 Å². The van der Waals surface area contributed by atoms with Crippen LogP contribution in [0, 0.1) is 11.3 Å². The highest BCUT2D eigenvalue weighted by Crippen LogP contribution is 2.44. The Morgan fingerprint density at radius 3 is 2.42 bits per heavy atom.